The largest absolute Gasteiger partial charge is 0.353 e. The second-order valence-corrected chi connectivity index (χ2v) is 9.19. The molecule has 3 aromatic rings. The minimum Gasteiger partial charge on any atom is -0.353 e. The number of rotatable bonds is 5. The van der Waals surface area contributed by atoms with E-state index < -0.39 is 10.0 Å². The quantitative estimate of drug-likeness (QED) is 0.706. The normalized spacial score (nSPS) is 18.6. The molecule has 1 aliphatic carbocycles. The number of nitrogens with zero attached hydrogens (tertiary/aromatic N) is 5. The van der Waals surface area contributed by atoms with E-state index in [2.05, 4.69) is 24.8 Å². The molecular weight excluding hydrogens is 376 g/mol. The highest BCUT2D eigenvalue weighted by atomic mass is 32.2. The second-order valence-electron chi connectivity index (χ2n) is 7.47. The van der Waals surface area contributed by atoms with Gasteiger partial charge in [0.1, 0.15) is 5.82 Å². The molecule has 2 fully saturated rings. The lowest BCUT2D eigenvalue weighted by molar-refractivity contribution is 0.458. The minimum absolute atomic E-state index is 0.0823. The lowest BCUT2D eigenvalue weighted by atomic mass is 10.1. The molecule has 0 radical (unpaired) electrons. The summed E-state index contributed by atoms with van der Waals surface area (Å²) in [4.78, 5) is 7.01. The van der Waals surface area contributed by atoms with E-state index in [1.807, 2.05) is 16.7 Å². The third-order valence-electron chi connectivity index (χ3n) is 5.45. The highest BCUT2D eigenvalue weighted by Gasteiger charge is 2.31. The van der Waals surface area contributed by atoms with Gasteiger partial charge in [0.15, 0.2) is 5.82 Å². The molecule has 1 N–H and O–H groups in total. The number of sulfonamides is 1. The highest BCUT2D eigenvalue weighted by Crippen LogP contribution is 2.39. The van der Waals surface area contributed by atoms with E-state index in [4.69, 9.17) is 0 Å². The third-order valence-corrected chi connectivity index (χ3v) is 6.98. The van der Waals surface area contributed by atoms with Gasteiger partial charge < -0.3 is 4.90 Å². The fourth-order valence-electron chi connectivity index (χ4n) is 3.77. The molecule has 5 rings (SSSR count). The molecule has 1 saturated heterocycles. The van der Waals surface area contributed by atoms with Crippen molar-refractivity contribution in [2.75, 3.05) is 18.0 Å². The first-order chi connectivity index (χ1) is 13.6. The molecular formula is C19H22N6O2S. The topological polar surface area (TPSA) is 92.5 Å². The van der Waals surface area contributed by atoms with Crippen molar-refractivity contribution >= 4 is 21.5 Å². The average Bonchev–Trinajstić information content (AvgIpc) is 3.47. The van der Waals surface area contributed by atoms with E-state index in [0.29, 0.717) is 10.8 Å². The van der Waals surface area contributed by atoms with Crippen LogP contribution in [0.25, 0.3) is 5.65 Å². The average molecular weight is 398 g/mol. The van der Waals surface area contributed by atoms with Gasteiger partial charge in [-0.1, -0.05) is 18.2 Å². The summed E-state index contributed by atoms with van der Waals surface area (Å²) in [5.41, 5.74) is 0.785. The Bertz CT molecular complexity index is 1090. The zero-order chi connectivity index (χ0) is 19.1. The van der Waals surface area contributed by atoms with Crippen LogP contribution in [-0.2, 0) is 10.0 Å². The summed E-state index contributed by atoms with van der Waals surface area (Å²) >= 11 is 0. The Morgan fingerprint density at radius 2 is 1.75 bits per heavy atom. The third kappa shape index (κ3) is 3.24. The van der Waals surface area contributed by atoms with Gasteiger partial charge in [0.2, 0.25) is 15.7 Å². The highest BCUT2D eigenvalue weighted by molar-refractivity contribution is 7.89. The van der Waals surface area contributed by atoms with Crippen molar-refractivity contribution in [1.29, 1.82) is 0 Å². The van der Waals surface area contributed by atoms with E-state index in [-0.39, 0.29) is 6.04 Å². The van der Waals surface area contributed by atoms with Gasteiger partial charge in [-0.25, -0.2) is 18.1 Å². The summed E-state index contributed by atoms with van der Waals surface area (Å²) in [6.07, 6.45) is 7.50. The second kappa shape index (κ2) is 6.82. The van der Waals surface area contributed by atoms with Gasteiger partial charge in [0.05, 0.1) is 4.90 Å². The van der Waals surface area contributed by atoms with Crippen LogP contribution in [-0.4, -0.2) is 47.1 Å². The van der Waals surface area contributed by atoms with E-state index >= 15 is 0 Å². The summed E-state index contributed by atoms with van der Waals surface area (Å²) in [6, 6.07) is 8.43. The molecule has 0 spiro atoms. The molecule has 1 aromatic carbocycles. The smallest absolute Gasteiger partial charge is 0.240 e. The maximum absolute atomic E-state index is 12.5. The Morgan fingerprint density at radius 3 is 2.46 bits per heavy atom. The van der Waals surface area contributed by atoms with Crippen LogP contribution in [0.15, 0.2) is 47.6 Å². The maximum atomic E-state index is 12.5. The number of anilines is 1. The molecule has 146 valence electrons. The van der Waals surface area contributed by atoms with E-state index in [9.17, 15) is 8.42 Å². The van der Waals surface area contributed by atoms with Crippen molar-refractivity contribution in [3.8, 4) is 0 Å². The number of hydrogen-bond donors (Lipinski definition) is 1. The first kappa shape index (κ1) is 17.6. The predicted octanol–water partition coefficient (Wildman–Crippen LogP) is 1.95. The van der Waals surface area contributed by atoms with Gasteiger partial charge in [-0.3, -0.25) is 4.40 Å². The Labute approximate surface area is 163 Å². The molecule has 8 nitrogen and oxygen atoms in total. The molecule has 3 heterocycles. The van der Waals surface area contributed by atoms with E-state index in [1.54, 1.807) is 30.5 Å². The monoisotopic (exact) mass is 398 g/mol. The van der Waals surface area contributed by atoms with E-state index in [1.165, 1.54) is 12.8 Å². The number of benzene rings is 1. The van der Waals surface area contributed by atoms with Crippen LogP contribution in [0, 0.1) is 0 Å². The molecule has 1 aliphatic heterocycles. The van der Waals surface area contributed by atoms with Crippen molar-refractivity contribution in [1.82, 2.24) is 24.3 Å². The lowest BCUT2D eigenvalue weighted by Gasteiger charge is -2.32. The van der Waals surface area contributed by atoms with Crippen LogP contribution in [0.2, 0.25) is 0 Å². The molecule has 2 aromatic heterocycles. The zero-order valence-electron chi connectivity index (χ0n) is 15.4. The van der Waals surface area contributed by atoms with Crippen LogP contribution in [0.1, 0.15) is 37.4 Å². The van der Waals surface area contributed by atoms with Gasteiger partial charge in [-0.05, 0) is 37.8 Å². The standard InChI is InChI=1S/C19H22N6O2S/c26-28(27,16-4-2-1-3-5-16)23-15-8-11-24(12-9-15)18-19-22-21-17(14-6-7-14)25(19)13-10-20-18/h1-5,10,13-15,23H,6-9,11-12H2. The minimum atomic E-state index is -3.49. The zero-order valence-corrected chi connectivity index (χ0v) is 16.2. The summed E-state index contributed by atoms with van der Waals surface area (Å²) in [6.45, 7) is 1.44. The number of fused-ring (bicyclic) bond motifs is 1. The summed E-state index contributed by atoms with van der Waals surface area (Å²) < 4.78 is 30.0. The van der Waals surface area contributed by atoms with Crippen molar-refractivity contribution in [2.24, 2.45) is 0 Å². The Morgan fingerprint density at radius 1 is 1.00 bits per heavy atom. The summed E-state index contributed by atoms with van der Waals surface area (Å²) in [5, 5.41) is 8.73. The maximum Gasteiger partial charge on any atom is 0.240 e. The molecule has 0 unspecified atom stereocenters. The number of nitrogens with one attached hydrogen (secondary N) is 1. The van der Waals surface area contributed by atoms with E-state index in [0.717, 1.165) is 43.2 Å². The fraction of sp³-hybridized carbons (Fsp3) is 0.421. The van der Waals surface area contributed by atoms with Gasteiger partial charge in [-0.2, -0.15) is 0 Å². The molecule has 0 amide bonds. The van der Waals surface area contributed by atoms with Crippen molar-refractivity contribution in [3.05, 3.63) is 48.5 Å². The van der Waals surface area contributed by atoms with Crippen LogP contribution in [0.5, 0.6) is 0 Å². The van der Waals surface area contributed by atoms with Crippen LogP contribution < -0.4 is 9.62 Å². The van der Waals surface area contributed by atoms with Crippen LogP contribution in [0.3, 0.4) is 0 Å². The van der Waals surface area contributed by atoms with Gasteiger partial charge in [0, 0.05) is 37.4 Å². The number of hydrogen-bond acceptors (Lipinski definition) is 6. The van der Waals surface area contributed by atoms with Gasteiger partial charge >= 0.3 is 0 Å². The fourth-order valence-corrected chi connectivity index (χ4v) is 5.10. The first-order valence-corrected chi connectivity index (χ1v) is 11.1. The molecule has 9 heteroatoms. The van der Waals surface area contributed by atoms with Gasteiger partial charge in [0.25, 0.3) is 0 Å². The van der Waals surface area contributed by atoms with Crippen LogP contribution in [0.4, 0.5) is 5.82 Å². The Hall–Kier alpha value is -2.52. The molecule has 0 atom stereocenters. The SMILES string of the molecule is O=S(=O)(NC1CCN(c2nccn3c(C4CC4)nnc23)CC1)c1ccccc1. The molecule has 28 heavy (non-hydrogen) atoms. The molecule has 0 bridgehead atoms. The predicted molar refractivity (Wildman–Crippen MR) is 105 cm³/mol. The molecule has 1 saturated carbocycles. The first-order valence-electron chi connectivity index (χ1n) is 9.64. The molecule has 2 aliphatic rings. The number of piperidine rings is 1. The Kier molecular flexibility index (Phi) is 4.28. The lowest BCUT2D eigenvalue weighted by Crippen LogP contribution is -2.45. The van der Waals surface area contributed by atoms with Crippen molar-refractivity contribution in [3.63, 3.8) is 0 Å². The van der Waals surface area contributed by atoms with Crippen molar-refractivity contribution in [2.45, 2.75) is 42.5 Å². The van der Waals surface area contributed by atoms with Crippen LogP contribution >= 0.6 is 0 Å². The van der Waals surface area contributed by atoms with Crippen molar-refractivity contribution < 1.29 is 8.42 Å². The summed E-state index contributed by atoms with van der Waals surface area (Å²) in [7, 11) is -3.49. The Balaban J connectivity index is 1.29. The van der Waals surface area contributed by atoms with Gasteiger partial charge in [-0.15, -0.1) is 10.2 Å². The number of aromatic nitrogens is 4. The summed E-state index contributed by atoms with van der Waals surface area (Å²) in [5.74, 6) is 2.36.